The van der Waals surface area contributed by atoms with Gasteiger partial charge in [0.1, 0.15) is 5.75 Å². The Hall–Kier alpha value is -1.90. The summed E-state index contributed by atoms with van der Waals surface area (Å²) < 4.78 is 5.85. The molecular weight excluding hydrogens is 356 g/mol. The number of benzene rings is 1. The third-order valence-corrected chi connectivity index (χ3v) is 5.30. The topological polar surface area (TPSA) is 35.0 Å². The molecule has 1 aromatic heterocycles. The molecule has 3 nitrogen and oxygen atoms in total. The zero-order valence-corrected chi connectivity index (χ0v) is 18.4. The van der Waals surface area contributed by atoms with Crippen LogP contribution in [-0.2, 0) is 6.42 Å². The minimum atomic E-state index is 0.785. The van der Waals surface area contributed by atoms with Crippen LogP contribution in [0.2, 0.25) is 0 Å². The second-order valence-electron chi connectivity index (χ2n) is 7.93. The molecule has 0 spiro atoms. The van der Waals surface area contributed by atoms with Crippen molar-refractivity contribution >= 4 is 0 Å². The van der Waals surface area contributed by atoms with Gasteiger partial charge in [-0.1, -0.05) is 78.1 Å². The molecule has 2 aromatic rings. The highest BCUT2D eigenvalue weighted by Gasteiger charge is 2.03. The average Bonchev–Trinajstić information content (AvgIpc) is 2.76. The van der Waals surface area contributed by atoms with Gasteiger partial charge in [-0.25, -0.2) is 9.97 Å². The van der Waals surface area contributed by atoms with Crippen LogP contribution in [-0.4, -0.2) is 16.6 Å². The molecule has 1 heterocycles. The van der Waals surface area contributed by atoms with Crippen molar-refractivity contribution in [2.45, 2.75) is 90.4 Å². The molecule has 0 aliphatic rings. The van der Waals surface area contributed by atoms with Gasteiger partial charge in [-0.05, 0) is 49.1 Å². The molecule has 29 heavy (non-hydrogen) atoms. The van der Waals surface area contributed by atoms with E-state index in [-0.39, 0.29) is 0 Å². The van der Waals surface area contributed by atoms with Crippen molar-refractivity contribution < 1.29 is 4.74 Å². The molecule has 159 valence electrons. The van der Waals surface area contributed by atoms with Gasteiger partial charge in [-0.3, -0.25) is 0 Å². The van der Waals surface area contributed by atoms with Gasteiger partial charge in [-0.15, -0.1) is 0 Å². The summed E-state index contributed by atoms with van der Waals surface area (Å²) in [4.78, 5) is 9.12. The van der Waals surface area contributed by atoms with Crippen molar-refractivity contribution in [2.75, 3.05) is 6.61 Å². The highest BCUT2D eigenvalue weighted by molar-refractivity contribution is 5.55. The molecule has 2 rings (SSSR count). The number of hydrogen-bond donors (Lipinski definition) is 0. The van der Waals surface area contributed by atoms with E-state index in [1.54, 1.807) is 0 Å². The van der Waals surface area contributed by atoms with E-state index in [9.17, 15) is 0 Å². The molecule has 0 aliphatic heterocycles. The second-order valence-corrected chi connectivity index (χ2v) is 7.93. The Labute approximate surface area is 178 Å². The zero-order valence-electron chi connectivity index (χ0n) is 18.4. The summed E-state index contributed by atoms with van der Waals surface area (Å²) in [5, 5.41) is 0. The molecule has 0 atom stereocenters. The number of aryl methyl sites for hydroxylation is 1. The summed E-state index contributed by atoms with van der Waals surface area (Å²) in [5.41, 5.74) is 2.27. The molecule has 0 amide bonds. The fourth-order valence-electron chi connectivity index (χ4n) is 3.44. The Kier molecular flexibility index (Phi) is 12.1. The van der Waals surface area contributed by atoms with E-state index in [0.29, 0.717) is 0 Å². The first-order valence-corrected chi connectivity index (χ1v) is 11.7. The van der Waals surface area contributed by atoms with E-state index in [0.717, 1.165) is 43.0 Å². The van der Waals surface area contributed by atoms with Crippen LogP contribution in [0, 0.1) is 6.92 Å². The van der Waals surface area contributed by atoms with Crippen LogP contribution in [0.15, 0.2) is 36.7 Å². The van der Waals surface area contributed by atoms with Crippen molar-refractivity contribution in [2.24, 2.45) is 0 Å². The first kappa shape index (κ1) is 23.4. The van der Waals surface area contributed by atoms with Gasteiger partial charge < -0.3 is 4.74 Å². The summed E-state index contributed by atoms with van der Waals surface area (Å²) in [6.07, 6.45) is 20.2. The first-order valence-electron chi connectivity index (χ1n) is 11.7. The summed E-state index contributed by atoms with van der Waals surface area (Å²) in [6.45, 7) is 6.93. The Morgan fingerprint density at radius 1 is 0.759 bits per heavy atom. The Balaban J connectivity index is 1.68. The van der Waals surface area contributed by atoms with Crippen molar-refractivity contribution in [3.8, 4) is 17.1 Å². The Morgan fingerprint density at radius 2 is 1.38 bits per heavy atom. The minimum absolute atomic E-state index is 0.785. The van der Waals surface area contributed by atoms with E-state index < -0.39 is 0 Å². The van der Waals surface area contributed by atoms with Gasteiger partial charge in [0.2, 0.25) is 0 Å². The predicted octanol–water partition coefficient (Wildman–Crippen LogP) is 7.60. The summed E-state index contributed by atoms with van der Waals surface area (Å²) in [5.74, 6) is 1.71. The number of hydrogen-bond acceptors (Lipinski definition) is 3. The van der Waals surface area contributed by atoms with Crippen LogP contribution in [0.3, 0.4) is 0 Å². The molecule has 0 unspecified atom stereocenters. The molecule has 0 N–H and O–H groups in total. The van der Waals surface area contributed by atoms with Gasteiger partial charge in [0.05, 0.1) is 6.61 Å². The monoisotopic (exact) mass is 395 g/mol. The SMILES string of the molecule is [CH2]CCCCCCCOc1ccc(-c2ncc(CCCCCCCC)cn2)cc1. The van der Waals surface area contributed by atoms with E-state index in [1.165, 1.54) is 69.8 Å². The fraction of sp³-hybridized carbons (Fsp3) is 0.577. The quantitative estimate of drug-likeness (QED) is 0.274. The van der Waals surface area contributed by atoms with E-state index in [4.69, 9.17) is 4.74 Å². The number of nitrogens with zero attached hydrogens (tertiary/aromatic N) is 2. The Morgan fingerprint density at radius 3 is 2.07 bits per heavy atom. The fourth-order valence-corrected chi connectivity index (χ4v) is 3.44. The summed E-state index contributed by atoms with van der Waals surface area (Å²) >= 11 is 0. The maximum absolute atomic E-state index is 5.85. The van der Waals surface area contributed by atoms with Crippen LogP contribution in [0.4, 0.5) is 0 Å². The molecule has 0 saturated carbocycles. The van der Waals surface area contributed by atoms with Crippen molar-refractivity contribution in [3.05, 3.63) is 49.1 Å². The standard InChI is InChI=1S/C26H39N2O/c1-3-5-7-9-11-13-15-23-21-27-26(28-22-23)24-16-18-25(19-17-24)29-20-14-12-10-8-6-4-2/h16-19,21-22H,2-15,20H2,1H3. The van der Waals surface area contributed by atoms with Gasteiger partial charge >= 0.3 is 0 Å². The van der Waals surface area contributed by atoms with Crippen LogP contribution in [0.1, 0.15) is 89.5 Å². The maximum atomic E-state index is 5.85. The number of rotatable bonds is 16. The van der Waals surface area contributed by atoms with E-state index >= 15 is 0 Å². The lowest BCUT2D eigenvalue weighted by Gasteiger charge is -2.07. The summed E-state index contributed by atoms with van der Waals surface area (Å²) in [7, 11) is 0. The highest BCUT2D eigenvalue weighted by atomic mass is 16.5. The number of ether oxygens (including phenoxy) is 1. The lowest BCUT2D eigenvalue weighted by atomic mass is 10.1. The second kappa shape index (κ2) is 15.0. The zero-order chi connectivity index (χ0) is 20.6. The van der Waals surface area contributed by atoms with Crippen LogP contribution in [0.5, 0.6) is 5.75 Å². The molecule has 1 aromatic carbocycles. The smallest absolute Gasteiger partial charge is 0.159 e. The highest BCUT2D eigenvalue weighted by Crippen LogP contribution is 2.20. The predicted molar refractivity (Wildman–Crippen MR) is 123 cm³/mol. The van der Waals surface area contributed by atoms with Gasteiger partial charge in [-0.2, -0.15) is 0 Å². The number of unbranched alkanes of at least 4 members (excludes halogenated alkanes) is 10. The normalized spacial score (nSPS) is 11.0. The van der Waals surface area contributed by atoms with Gasteiger partial charge in [0.25, 0.3) is 0 Å². The largest absolute Gasteiger partial charge is 0.494 e. The lowest BCUT2D eigenvalue weighted by molar-refractivity contribution is 0.304. The Bertz CT molecular complexity index is 637. The lowest BCUT2D eigenvalue weighted by Crippen LogP contribution is -1.97. The molecule has 0 saturated heterocycles. The van der Waals surface area contributed by atoms with Crippen LogP contribution < -0.4 is 4.74 Å². The van der Waals surface area contributed by atoms with Crippen LogP contribution >= 0.6 is 0 Å². The molecule has 1 radical (unpaired) electrons. The molecule has 0 bridgehead atoms. The molecular formula is C26H39N2O. The molecule has 3 heteroatoms. The van der Waals surface area contributed by atoms with Crippen molar-refractivity contribution in [1.29, 1.82) is 0 Å². The maximum Gasteiger partial charge on any atom is 0.159 e. The van der Waals surface area contributed by atoms with Gasteiger partial charge in [0, 0.05) is 18.0 Å². The van der Waals surface area contributed by atoms with Crippen molar-refractivity contribution in [1.82, 2.24) is 9.97 Å². The summed E-state index contributed by atoms with van der Waals surface area (Å²) in [6, 6.07) is 8.13. The third-order valence-electron chi connectivity index (χ3n) is 5.30. The first-order chi connectivity index (χ1) is 14.3. The average molecular weight is 396 g/mol. The minimum Gasteiger partial charge on any atom is -0.494 e. The molecule has 0 aliphatic carbocycles. The third kappa shape index (κ3) is 9.92. The van der Waals surface area contributed by atoms with Crippen molar-refractivity contribution in [3.63, 3.8) is 0 Å². The van der Waals surface area contributed by atoms with E-state index in [1.807, 2.05) is 36.7 Å². The van der Waals surface area contributed by atoms with Crippen LogP contribution in [0.25, 0.3) is 11.4 Å². The number of aromatic nitrogens is 2. The van der Waals surface area contributed by atoms with E-state index in [2.05, 4.69) is 23.8 Å². The molecule has 0 fully saturated rings. The van der Waals surface area contributed by atoms with Gasteiger partial charge in [0.15, 0.2) is 5.82 Å².